The summed E-state index contributed by atoms with van der Waals surface area (Å²) < 4.78 is 16.0. The molecule has 5 nitrogen and oxygen atoms in total. The number of ether oxygens (including phenoxy) is 3. The summed E-state index contributed by atoms with van der Waals surface area (Å²) in [6, 6.07) is 14.4. The summed E-state index contributed by atoms with van der Waals surface area (Å²) in [6.07, 6.45) is 0.958. The smallest absolute Gasteiger partial charge is 0.262 e. The van der Waals surface area contributed by atoms with Crippen LogP contribution in [0.15, 0.2) is 48.5 Å². The molecule has 1 N–H and O–H groups in total. The first-order chi connectivity index (χ1) is 11.2. The van der Waals surface area contributed by atoms with E-state index in [4.69, 9.17) is 14.2 Å². The normalized spacial score (nSPS) is 10.0. The van der Waals surface area contributed by atoms with Crippen LogP contribution in [0.2, 0.25) is 0 Å². The minimum absolute atomic E-state index is 0.0682. The summed E-state index contributed by atoms with van der Waals surface area (Å²) in [5, 5.41) is 2.77. The van der Waals surface area contributed by atoms with Crippen LogP contribution in [-0.2, 0) is 4.79 Å². The van der Waals surface area contributed by atoms with Crippen LogP contribution >= 0.6 is 0 Å². The van der Waals surface area contributed by atoms with Gasteiger partial charge in [-0.3, -0.25) is 4.79 Å². The van der Waals surface area contributed by atoms with E-state index in [1.807, 2.05) is 18.2 Å². The number of anilines is 1. The van der Waals surface area contributed by atoms with E-state index in [-0.39, 0.29) is 12.5 Å². The highest BCUT2D eigenvalue weighted by atomic mass is 16.5. The van der Waals surface area contributed by atoms with Crippen molar-refractivity contribution in [2.75, 3.05) is 25.6 Å². The number of carbonyl (C=O) groups is 1. The molecule has 2 aromatic rings. The van der Waals surface area contributed by atoms with Crippen molar-refractivity contribution in [3.05, 3.63) is 48.5 Å². The average molecular weight is 315 g/mol. The molecular formula is C18H21NO4. The number of carbonyl (C=O) groups excluding carboxylic acids is 1. The molecule has 0 saturated heterocycles. The van der Waals surface area contributed by atoms with Crippen LogP contribution < -0.4 is 19.5 Å². The van der Waals surface area contributed by atoms with E-state index in [0.717, 1.165) is 12.2 Å². The minimum atomic E-state index is -0.227. The zero-order valence-corrected chi connectivity index (χ0v) is 13.4. The van der Waals surface area contributed by atoms with E-state index in [1.54, 1.807) is 37.4 Å². The molecule has 2 aromatic carbocycles. The molecule has 0 spiro atoms. The van der Waals surface area contributed by atoms with Crippen LogP contribution in [0.25, 0.3) is 0 Å². The van der Waals surface area contributed by atoms with Gasteiger partial charge in [-0.15, -0.1) is 0 Å². The van der Waals surface area contributed by atoms with Crippen LogP contribution in [-0.4, -0.2) is 26.2 Å². The van der Waals surface area contributed by atoms with Gasteiger partial charge < -0.3 is 19.5 Å². The van der Waals surface area contributed by atoms with Crippen molar-refractivity contribution in [2.45, 2.75) is 13.3 Å². The Kier molecular flexibility index (Phi) is 6.29. The second kappa shape index (κ2) is 8.68. The third-order valence-corrected chi connectivity index (χ3v) is 3.02. The Bertz CT molecular complexity index is 625. The Morgan fingerprint density at radius 1 is 1.00 bits per heavy atom. The van der Waals surface area contributed by atoms with Gasteiger partial charge in [-0.2, -0.15) is 0 Å². The molecule has 2 rings (SSSR count). The molecule has 0 aliphatic heterocycles. The Morgan fingerprint density at radius 3 is 2.43 bits per heavy atom. The van der Waals surface area contributed by atoms with Gasteiger partial charge in [0.1, 0.15) is 17.2 Å². The molecule has 0 aromatic heterocycles. The molecule has 0 unspecified atom stereocenters. The number of amides is 1. The maximum absolute atomic E-state index is 11.9. The Balaban J connectivity index is 1.82. The van der Waals surface area contributed by atoms with Crippen LogP contribution in [0.3, 0.4) is 0 Å². The highest BCUT2D eigenvalue weighted by molar-refractivity contribution is 5.91. The van der Waals surface area contributed by atoms with E-state index in [2.05, 4.69) is 12.2 Å². The van der Waals surface area contributed by atoms with Gasteiger partial charge in [0.05, 0.1) is 13.7 Å². The molecular weight excluding hydrogens is 294 g/mol. The predicted molar refractivity (Wildman–Crippen MR) is 89.3 cm³/mol. The number of hydrogen-bond acceptors (Lipinski definition) is 4. The van der Waals surface area contributed by atoms with Crippen molar-refractivity contribution in [2.24, 2.45) is 0 Å². The molecule has 23 heavy (non-hydrogen) atoms. The van der Waals surface area contributed by atoms with Crippen molar-refractivity contribution in [3.8, 4) is 17.2 Å². The Morgan fingerprint density at radius 2 is 1.74 bits per heavy atom. The van der Waals surface area contributed by atoms with E-state index < -0.39 is 0 Å². The first-order valence-corrected chi connectivity index (χ1v) is 7.51. The number of benzene rings is 2. The largest absolute Gasteiger partial charge is 0.497 e. The monoisotopic (exact) mass is 315 g/mol. The predicted octanol–water partition coefficient (Wildman–Crippen LogP) is 3.50. The maximum atomic E-state index is 11.9. The molecule has 0 atom stereocenters. The lowest BCUT2D eigenvalue weighted by Crippen LogP contribution is -2.20. The highest BCUT2D eigenvalue weighted by Gasteiger charge is 2.05. The topological polar surface area (TPSA) is 56.8 Å². The fourth-order valence-electron chi connectivity index (χ4n) is 1.89. The van der Waals surface area contributed by atoms with E-state index >= 15 is 0 Å². The molecule has 0 bridgehead atoms. The van der Waals surface area contributed by atoms with Crippen molar-refractivity contribution >= 4 is 11.6 Å². The fraction of sp³-hybridized carbons (Fsp3) is 0.278. The summed E-state index contributed by atoms with van der Waals surface area (Å²) in [5.74, 6) is 1.83. The third-order valence-electron chi connectivity index (χ3n) is 3.02. The van der Waals surface area contributed by atoms with Gasteiger partial charge in [0.2, 0.25) is 0 Å². The summed E-state index contributed by atoms with van der Waals surface area (Å²) >= 11 is 0. The quantitative estimate of drug-likeness (QED) is 0.810. The summed E-state index contributed by atoms with van der Waals surface area (Å²) in [4.78, 5) is 11.9. The maximum Gasteiger partial charge on any atom is 0.262 e. The first kappa shape index (κ1) is 16.7. The molecule has 0 radical (unpaired) electrons. The van der Waals surface area contributed by atoms with Gasteiger partial charge >= 0.3 is 0 Å². The van der Waals surface area contributed by atoms with Gasteiger partial charge in [-0.1, -0.05) is 13.0 Å². The number of rotatable bonds is 8. The second-order valence-corrected chi connectivity index (χ2v) is 4.89. The van der Waals surface area contributed by atoms with Crippen molar-refractivity contribution in [3.63, 3.8) is 0 Å². The molecule has 1 amide bonds. The summed E-state index contributed by atoms with van der Waals surface area (Å²) in [6.45, 7) is 2.66. The van der Waals surface area contributed by atoms with Crippen molar-refractivity contribution in [1.82, 2.24) is 0 Å². The Labute approximate surface area is 136 Å². The van der Waals surface area contributed by atoms with Gasteiger partial charge in [0.15, 0.2) is 6.61 Å². The number of hydrogen-bond donors (Lipinski definition) is 1. The third kappa shape index (κ3) is 5.54. The van der Waals surface area contributed by atoms with Gasteiger partial charge in [0.25, 0.3) is 5.91 Å². The van der Waals surface area contributed by atoms with Gasteiger partial charge in [-0.05, 0) is 42.8 Å². The van der Waals surface area contributed by atoms with E-state index in [0.29, 0.717) is 23.8 Å². The molecule has 0 saturated carbocycles. The highest BCUT2D eigenvalue weighted by Crippen LogP contribution is 2.19. The molecule has 0 aliphatic carbocycles. The van der Waals surface area contributed by atoms with Gasteiger partial charge in [-0.25, -0.2) is 0 Å². The van der Waals surface area contributed by atoms with E-state index in [9.17, 15) is 4.79 Å². The number of nitrogens with one attached hydrogen (secondary N) is 1. The minimum Gasteiger partial charge on any atom is -0.497 e. The lowest BCUT2D eigenvalue weighted by molar-refractivity contribution is -0.118. The first-order valence-electron chi connectivity index (χ1n) is 7.51. The average Bonchev–Trinajstić information content (AvgIpc) is 2.59. The van der Waals surface area contributed by atoms with Crippen molar-refractivity contribution in [1.29, 1.82) is 0 Å². The van der Waals surface area contributed by atoms with Crippen LogP contribution in [0.5, 0.6) is 17.2 Å². The summed E-state index contributed by atoms with van der Waals surface area (Å²) in [5.41, 5.74) is 0.702. The fourth-order valence-corrected chi connectivity index (χ4v) is 1.89. The van der Waals surface area contributed by atoms with E-state index in [1.165, 1.54) is 0 Å². The molecule has 0 heterocycles. The SMILES string of the molecule is CCCOc1ccc(NC(=O)COc2cccc(OC)c2)cc1. The molecule has 122 valence electrons. The van der Waals surface area contributed by atoms with Crippen LogP contribution in [0.4, 0.5) is 5.69 Å². The summed E-state index contributed by atoms with van der Waals surface area (Å²) in [7, 11) is 1.58. The van der Waals surface area contributed by atoms with Gasteiger partial charge in [0, 0.05) is 11.8 Å². The lowest BCUT2D eigenvalue weighted by atomic mass is 10.3. The Hall–Kier alpha value is -2.69. The van der Waals surface area contributed by atoms with Crippen LogP contribution in [0, 0.1) is 0 Å². The second-order valence-electron chi connectivity index (χ2n) is 4.89. The lowest BCUT2D eigenvalue weighted by Gasteiger charge is -2.09. The molecule has 0 fully saturated rings. The standard InChI is InChI=1S/C18H21NO4/c1-3-11-22-15-9-7-14(8-10-15)19-18(20)13-23-17-6-4-5-16(12-17)21-2/h4-10,12H,3,11,13H2,1-2H3,(H,19,20). The number of methoxy groups -OCH3 is 1. The van der Waals surface area contributed by atoms with Crippen molar-refractivity contribution < 1.29 is 19.0 Å². The van der Waals surface area contributed by atoms with Crippen LogP contribution in [0.1, 0.15) is 13.3 Å². The molecule has 5 heteroatoms. The zero-order chi connectivity index (χ0) is 16.5. The zero-order valence-electron chi connectivity index (χ0n) is 13.4. The molecule has 0 aliphatic rings.